The number of carbonyl (C=O) groups excluding carboxylic acids is 3. The van der Waals surface area contributed by atoms with Crippen LogP contribution in [-0.2, 0) is 28.6 Å². The van der Waals surface area contributed by atoms with Gasteiger partial charge in [-0.15, -0.1) is 0 Å². The largest absolute Gasteiger partial charge is 0.462 e. The van der Waals surface area contributed by atoms with Crippen molar-refractivity contribution in [3.8, 4) is 0 Å². The van der Waals surface area contributed by atoms with Crippen molar-refractivity contribution in [3.63, 3.8) is 0 Å². The summed E-state index contributed by atoms with van der Waals surface area (Å²) in [5, 5.41) is 0. The molecule has 0 aromatic carbocycles. The van der Waals surface area contributed by atoms with Gasteiger partial charge in [0.15, 0.2) is 6.10 Å². The van der Waals surface area contributed by atoms with E-state index in [1.54, 1.807) is 0 Å². The predicted molar refractivity (Wildman–Crippen MR) is 348 cm³/mol. The highest BCUT2D eigenvalue weighted by Gasteiger charge is 2.19. The van der Waals surface area contributed by atoms with Gasteiger partial charge in [0, 0.05) is 19.3 Å². The minimum atomic E-state index is -0.787. The third-order valence-electron chi connectivity index (χ3n) is 14.5. The van der Waals surface area contributed by atoms with Crippen molar-refractivity contribution in [3.05, 3.63) is 109 Å². The molecule has 0 spiro atoms. The molecular formula is C74H126O6. The van der Waals surface area contributed by atoms with E-state index in [0.717, 1.165) is 122 Å². The van der Waals surface area contributed by atoms with Crippen molar-refractivity contribution >= 4 is 17.9 Å². The van der Waals surface area contributed by atoms with Gasteiger partial charge in [-0.1, -0.05) is 291 Å². The summed E-state index contributed by atoms with van der Waals surface area (Å²) in [7, 11) is 0. The first kappa shape index (κ1) is 76.1. The number of hydrogen-bond donors (Lipinski definition) is 0. The number of carbonyl (C=O) groups is 3. The summed E-state index contributed by atoms with van der Waals surface area (Å²) in [5.74, 6) is -0.889. The zero-order valence-electron chi connectivity index (χ0n) is 52.6. The minimum absolute atomic E-state index is 0.0824. The predicted octanol–water partition coefficient (Wildman–Crippen LogP) is 23.4. The van der Waals surface area contributed by atoms with Crippen LogP contribution in [0.1, 0.15) is 323 Å². The minimum Gasteiger partial charge on any atom is -0.462 e. The lowest BCUT2D eigenvalue weighted by Gasteiger charge is -2.18. The first-order valence-corrected chi connectivity index (χ1v) is 33.9. The van der Waals surface area contributed by atoms with E-state index < -0.39 is 6.10 Å². The maximum absolute atomic E-state index is 12.9. The second-order valence-corrected chi connectivity index (χ2v) is 22.3. The van der Waals surface area contributed by atoms with Crippen LogP contribution >= 0.6 is 0 Å². The monoisotopic (exact) mass is 1110 g/mol. The van der Waals surface area contributed by atoms with Crippen LogP contribution in [0.15, 0.2) is 109 Å². The van der Waals surface area contributed by atoms with E-state index >= 15 is 0 Å². The molecule has 0 aliphatic rings. The van der Waals surface area contributed by atoms with E-state index in [2.05, 4.69) is 130 Å². The number of hydrogen-bond acceptors (Lipinski definition) is 6. The smallest absolute Gasteiger partial charge is 0.306 e. The number of rotatable bonds is 61. The SMILES string of the molecule is CC/C=C\C/C=C\C/C=C\C/C=C\CCCCCCCCCCCCCCCCCCC(=O)OCC(COC(=O)CCCCCCC/C=C\CCCCC)OC(=O)CCCCCCCCCC/C=C\C/C=C\C/C=C\C/C=C\CC. The van der Waals surface area contributed by atoms with Gasteiger partial charge in [0.2, 0.25) is 0 Å². The summed E-state index contributed by atoms with van der Waals surface area (Å²) in [6, 6.07) is 0. The maximum atomic E-state index is 12.9. The Bertz CT molecular complexity index is 1610. The van der Waals surface area contributed by atoms with Crippen LogP contribution in [0.3, 0.4) is 0 Å². The fourth-order valence-electron chi connectivity index (χ4n) is 9.48. The molecule has 0 aromatic rings. The normalized spacial score (nSPS) is 12.8. The summed E-state index contributed by atoms with van der Waals surface area (Å²) in [6.07, 6.45) is 92.5. The Kier molecular flexibility index (Phi) is 64.3. The molecule has 0 heterocycles. The number of unbranched alkanes of at least 4 members (excludes halogenated alkanes) is 32. The quantitative estimate of drug-likeness (QED) is 0.0261. The van der Waals surface area contributed by atoms with E-state index in [1.165, 1.54) is 161 Å². The first-order chi connectivity index (χ1) is 39.5. The van der Waals surface area contributed by atoms with E-state index in [0.29, 0.717) is 19.3 Å². The molecule has 0 fully saturated rings. The van der Waals surface area contributed by atoms with Crippen LogP contribution in [-0.4, -0.2) is 37.2 Å². The molecule has 0 bridgehead atoms. The van der Waals surface area contributed by atoms with Gasteiger partial charge in [-0.25, -0.2) is 0 Å². The summed E-state index contributed by atoms with van der Waals surface area (Å²) >= 11 is 0. The van der Waals surface area contributed by atoms with Crippen molar-refractivity contribution < 1.29 is 28.6 Å². The van der Waals surface area contributed by atoms with Crippen LogP contribution in [0.25, 0.3) is 0 Å². The molecule has 458 valence electrons. The van der Waals surface area contributed by atoms with Gasteiger partial charge in [-0.05, 0) is 122 Å². The number of esters is 3. The summed E-state index contributed by atoms with van der Waals surface area (Å²) < 4.78 is 16.9. The third-order valence-corrected chi connectivity index (χ3v) is 14.5. The Morgan fingerprint density at radius 1 is 0.263 bits per heavy atom. The lowest BCUT2D eigenvalue weighted by Crippen LogP contribution is -2.30. The van der Waals surface area contributed by atoms with E-state index in [4.69, 9.17) is 14.2 Å². The van der Waals surface area contributed by atoms with Crippen LogP contribution < -0.4 is 0 Å². The molecule has 80 heavy (non-hydrogen) atoms. The molecule has 0 saturated carbocycles. The van der Waals surface area contributed by atoms with Crippen molar-refractivity contribution in [2.45, 2.75) is 329 Å². The van der Waals surface area contributed by atoms with Crippen molar-refractivity contribution in [1.29, 1.82) is 0 Å². The second kappa shape index (κ2) is 67.6. The van der Waals surface area contributed by atoms with Crippen LogP contribution in [0.2, 0.25) is 0 Å². The topological polar surface area (TPSA) is 78.9 Å². The summed E-state index contributed by atoms with van der Waals surface area (Å²) in [4.78, 5) is 38.4. The number of allylic oxidation sites excluding steroid dienone is 18. The van der Waals surface area contributed by atoms with Gasteiger partial charge in [-0.3, -0.25) is 14.4 Å². The van der Waals surface area contributed by atoms with Gasteiger partial charge >= 0.3 is 17.9 Å². The molecule has 6 heteroatoms. The lowest BCUT2D eigenvalue weighted by atomic mass is 10.0. The fraction of sp³-hybridized carbons (Fsp3) is 0.716. The van der Waals surface area contributed by atoms with Gasteiger partial charge in [-0.2, -0.15) is 0 Å². The Morgan fingerprint density at radius 2 is 0.487 bits per heavy atom. The Labute approximate surface area is 495 Å². The molecule has 0 rings (SSSR count). The molecule has 0 aliphatic heterocycles. The molecule has 1 atom stereocenters. The fourth-order valence-corrected chi connectivity index (χ4v) is 9.48. The zero-order chi connectivity index (χ0) is 57.8. The van der Waals surface area contributed by atoms with E-state index in [9.17, 15) is 14.4 Å². The van der Waals surface area contributed by atoms with E-state index in [1.807, 2.05) is 0 Å². The van der Waals surface area contributed by atoms with Gasteiger partial charge in [0.1, 0.15) is 13.2 Å². The maximum Gasteiger partial charge on any atom is 0.306 e. The molecular weight excluding hydrogens is 985 g/mol. The molecule has 0 amide bonds. The molecule has 0 radical (unpaired) electrons. The van der Waals surface area contributed by atoms with Crippen LogP contribution in [0.4, 0.5) is 0 Å². The Hall–Kier alpha value is -3.93. The van der Waals surface area contributed by atoms with Crippen molar-refractivity contribution in [2.75, 3.05) is 13.2 Å². The summed E-state index contributed by atoms with van der Waals surface area (Å²) in [5.41, 5.74) is 0. The molecule has 0 aromatic heterocycles. The second-order valence-electron chi connectivity index (χ2n) is 22.3. The molecule has 0 saturated heterocycles. The highest BCUT2D eigenvalue weighted by Crippen LogP contribution is 2.17. The van der Waals surface area contributed by atoms with Gasteiger partial charge < -0.3 is 14.2 Å². The zero-order valence-corrected chi connectivity index (χ0v) is 52.6. The molecule has 0 aliphatic carbocycles. The van der Waals surface area contributed by atoms with Crippen LogP contribution in [0.5, 0.6) is 0 Å². The molecule has 6 nitrogen and oxygen atoms in total. The highest BCUT2D eigenvalue weighted by molar-refractivity contribution is 5.71. The Balaban J connectivity index is 4.25. The molecule has 0 N–H and O–H groups in total. The van der Waals surface area contributed by atoms with E-state index in [-0.39, 0.29) is 31.1 Å². The van der Waals surface area contributed by atoms with Crippen molar-refractivity contribution in [1.82, 2.24) is 0 Å². The van der Waals surface area contributed by atoms with Gasteiger partial charge in [0.25, 0.3) is 0 Å². The van der Waals surface area contributed by atoms with Crippen molar-refractivity contribution in [2.24, 2.45) is 0 Å². The standard InChI is InChI=1S/C74H126O6/c1-4-7-10-13-16-19-22-25-27-29-31-33-34-35-36-37-38-39-40-42-43-45-47-49-52-55-58-61-64-67-73(76)79-70-71(69-78-72(75)66-63-60-57-54-51-24-21-18-15-12-9-6-3)80-74(77)68-65-62-59-56-53-50-48-46-44-41-32-30-28-26-23-20-17-14-11-8-5-2/h7-8,10-11,16-21,25-28,31-33,41,71H,4-6,9,12-15,22-24,29-30,34-40,42-70H2,1-3H3/b10-7-,11-8-,19-16-,20-17-,21-18-,27-25-,28-26-,33-31-,41-32-. The Morgan fingerprint density at radius 3 is 0.775 bits per heavy atom. The molecule has 1 unspecified atom stereocenters. The lowest BCUT2D eigenvalue weighted by molar-refractivity contribution is -0.167. The first-order valence-electron chi connectivity index (χ1n) is 33.9. The number of ether oxygens (including phenoxy) is 3. The van der Waals surface area contributed by atoms with Crippen LogP contribution in [0, 0.1) is 0 Å². The summed E-state index contributed by atoms with van der Waals surface area (Å²) in [6.45, 7) is 6.41. The third kappa shape index (κ3) is 64.9. The average Bonchev–Trinajstić information content (AvgIpc) is 3.46. The highest BCUT2D eigenvalue weighted by atomic mass is 16.6. The van der Waals surface area contributed by atoms with Gasteiger partial charge in [0.05, 0.1) is 0 Å². The average molecular weight is 1110 g/mol.